The van der Waals surface area contributed by atoms with Gasteiger partial charge < -0.3 is 9.84 Å². The minimum Gasteiger partial charge on any atom is -0.480 e. The number of hydrogen-bond donors (Lipinski definition) is 1. The maximum atomic E-state index is 12.2. The predicted molar refractivity (Wildman–Crippen MR) is 105 cm³/mol. The van der Waals surface area contributed by atoms with Crippen LogP contribution in [0.3, 0.4) is 0 Å². The van der Waals surface area contributed by atoms with E-state index >= 15 is 0 Å². The van der Waals surface area contributed by atoms with Gasteiger partial charge in [0.05, 0.1) is 10.5 Å². The molecule has 0 bridgehead atoms. The number of carbonyl (C=O) groups excluding carboxylic acids is 2. The monoisotopic (exact) mass is 399 g/mol. The Morgan fingerprint density at radius 3 is 2.41 bits per heavy atom. The van der Waals surface area contributed by atoms with Gasteiger partial charge in [-0.15, -0.1) is 0 Å². The van der Waals surface area contributed by atoms with Gasteiger partial charge in [-0.2, -0.15) is 0 Å². The number of benzene rings is 2. The van der Waals surface area contributed by atoms with Crippen molar-refractivity contribution in [1.29, 1.82) is 0 Å². The summed E-state index contributed by atoms with van der Waals surface area (Å²) in [5.74, 6) is -1.65. The molecule has 1 heterocycles. The lowest BCUT2D eigenvalue weighted by Crippen LogP contribution is -2.33. The SMILES string of the molecule is O=C(O)CN1C(=O)/C(=C/c2ccc(OC(=O)c3ccccc3)cc2)SC1=S. The lowest BCUT2D eigenvalue weighted by atomic mass is 10.2. The molecule has 2 aromatic rings. The first-order valence-corrected chi connectivity index (χ1v) is 9.01. The Bertz CT molecular complexity index is 938. The molecular weight excluding hydrogens is 386 g/mol. The number of aliphatic carboxylic acids is 1. The third-order valence-corrected chi connectivity index (χ3v) is 4.94. The van der Waals surface area contributed by atoms with E-state index in [0.29, 0.717) is 21.8 Å². The fraction of sp³-hybridized carbons (Fsp3) is 0.0526. The molecule has 1 N–H and O–H groups in total. The number of nitrogens with zero attached hydrogens (tertiary/aromatic N) is 1. The fourth-order valence-electron chi connectivity index (χ4n) is 2.30. The lowest BCUT2D eigenvalue weighted by Gasteiger charge is -2.10. The Morgan fingerprint density at radius 1 is 1.11 bits per heavy atom. The number of amides is 1. The number of hydrogen-bond acceptors (Lipinski definition) is 6. The molecule has 0 saturated carbocycles. The summed E-state index contributed by atoms with van der Waals surface area (Å²) in [7, 11) is 0. The fourth-order valence-corrected chi connectivity index (χ4v) is 3.55. The van der Waals surface area contributed by atoms with E-state index in [4.69, 9.17) is 22.1 Å². The van der Waals surface area contributed by atoms with Crippen LogP contribution in [0.2, 0.25) is 0 Å². The summed E-state index contributed by atoms with van der Waals surface area (Å²) < 4.78 is 5.51. The molecular formula is C19H13NO5S2. The molecule has 1 amide bonds. The van der Waals surface area contributed by atoms with E-state index in [1.807, 2.05) is 6.07 Å². The van der Waals surface area contributed by atoms with Crippen molar-refractivity contribution in [2.75, 3.05) is 6.54 Å². The molecule has 2 aromatic carbocycles. The minimum atomic E-state index is -1.13. The molecule has 0 aliphatic carbocycles. The summed E-state index contributed by atoms with van der Waals surface area (Å²) in [5, 5.41) is 8.85. The normalized spacial score (nSPS) is 15.3. The van der Waals surface area contributed by atoms with Crippen LogP contribution in [0.4, 0.5) is 0 Å². The number of carboxylic acid groups (broad SMARTS) is 1. The number of thioether (sulfide) groups is 1. The molecule has 27 heavy (non-hydrogen) atoms. The second-order valence-corrected chi connectivity index (χ2v) is 7.16. The zero-order chi connectivity index (χ0) is 19.4. The number of thiocarbonyl (C=S) groups is 1. The molecule has 0 unspecified atom stereocenters. The summed E-state index contributed by atoms with van der Waals surface area (Å²) in [6.45, 7) is -0.462. The molecule has 0 aromatic heterocycles. The lowest BCUT2D eigenvalue weighted by molar-refractivity contribution is -0.140. The first-order valence-electron chi connectivity index (χ1n) is 7.78. The number of carboxylic acids is 1. The smallest absolute Gasteiger partial charge is 0.343 e. The summed E-state index contributed by atoms with van der Waals surface area (Å²) in [5.41, 5.74) is 1.15. The number of carbonyl (C=O) groups is 3. The zero-order valence-corrected chi connectivity index (χ0v) is 15.5. The van der Waals surface area contributed by atoms with E-state index < -0.39 is 24.4 Å². The van der Waals surface area contributed by atoms with Crippen LogP contribution in [0, 0.1) is 0 Å². The molecule has 0 spiro atoms. The Morgan fingerprint density at radius 2 is 1.78 bits per heavy atom. The van der Waals surface area contributed by atoms with Crippen LogP contribution in [-0.2, 0) is 9.59 Å². The molecule has 1 fully saturated rings. The van der Waals surface area contributed by atoms with Crippen LogP contribution in [0.25, 0.3) is 6.08 Å². The van der Waals surface area contributed by atoms with Crippen LogP contribution in [0.1, 0.15) is 15.9 Å². The quantitative estimate of drug-likeness (QED) is 0.358. The van der Waals surface area contributed by atoms with Crippen molar-refractivity contribution >= 4 is 52.2 Å². The second-order valence-electron chi connectivity index (χ2n) is 5.49. The number of rotatable bonds is 5. The summed E-state index contributed by atoms with van der Waals surface area (Å²) in [6.07, 6.45) is 1.62. The highest BCUT2D eigenvalue weighted by molar-refractivity contribution is 8.26. The van der Waals surface area contributed by atoms with Crippen LogP contribution in [0.15, 0.2) is 59.5 Å². The Kier molecular flexibility index (Phi) is 5.68. The molecule has 0 radical (unpaired) electrons. The summed E-state index contributed by atoms with van der Waals surface area (Å²) in [6, 6.07) is 15.3. The van der Waals surface area contributed by atoms with E-state index in [-0.39, 0.29) is 4.32 Å². The van der Waals surface area contributed by atoms with Gasteiger partial charge in [0.15, 0.2) is 0 Å². The zero-order valence-electron chi connectivity index (χ0n) is 13.8. The minimum absolute atomic E-state index is 0.210. The summed E-state index contributed by atoms with van der Waals surface area (Å²) >= 11 is 6.10. The Labute approximate surface area is 164 Å². The highest BCUT2D eigenvalue weighted by atomic mass is 32.2. The van der Waals surface area contributed by atoms with Gasteiger partial charge in [-0.05, 0) is 35.9 Å². The molecule has 3 rings (SSSR count). The van der Waals surface area contributed by atoms with Gasteiger partial charge in [-0.3, -0.25) is 14.5 Å². The highest BCUT2D eigenvalue weighted by Crippen LogP contribution is 2.32. The van der Waals surface area contributed by atoms with Crippen molar-refractivity contribution in [3.63, 3.8) is 0 Å². The van der Waals surface area contributed by atoms with Gasteiger partial charge in [0.25, 0.3) is 5.91 Å². The van der Waals surface area contributed by atoms with Crippen LogP contribution in [-0.4, -0.2) is 38.7 Å². The van der Waals surface area contributed by atoms with Crippen molar-refractivity contribution in [1.82, 2.24) is 4.90 Å². The first kappa shape index (κ1) is 18.8. The van der Waals surface area contributed by atoms with Crippen molar-refractivity contribution in [2.45, 2.75) is 0 Å². The molecule has 1 aliphatic rings. The molecule has 6 nitrogen and oxygen atoms in total. The van der Waals surface area contributed by atoms with Crippen LogP contribution < -0.4 is 4.74 Å². The van der Waals surface area contributed by atoms with E-state index in [1.165, 1.54) is 0 Å². The van der Waals surface area contributed by atoms with Crippen molar-refractivity contribution < 1.29 is 24.2 Å². The van der Waals surface area contributed by atoms with Crippen molar-refractivity contribution in [3.8, 4) is 5.75 Å². The van der Waals surface area contributed by atoms with E-state index in [0.717, 1.165) is 16.7 Å². The predicted octanol–water partition coefficient (Wildman–Crippen LogP) is 3.19. The number of esters is 1. The average molecular weight is 399 g/mol. The van der Waals surface area contributed by atoms with E-state index in [1.54, 1.807) is 54.6 Å². The van der Waals surface area contributed by atoms with Gasteiger partial charge in [0.1, 0.15) is 16.6 Å². The first-order chi connectivity index (χ1) is 12.9. The maximum absolute atomic E-state index is 12.2. The van der Waals surface area contributed by atoms with Gasteiger partial charge in [0, 0.05) is 0 Å². The number of ether oxygens (including phenoxy) is 1. The topological polar surface area (TPSA) is 83.9 Å². The average Bonchev–Trinajstić information content (AvgIpc) is 2.91. The third kappa shape index (κ3) is 4.60. The van der Waals surface area contributed by atoms with Gasteiger partial charge in [-0.1, -0.05) is 54.3 Å². The van der Waals surface area contributed by atoms with E-state index in [2.05, 4.69) is 0 Å². The molecule has 1 aliphatic heterocycles. The van der Waals surface area contributed by atoms with E-state index in [9.17, 15) is 14.4 Å². The Hall–Kier alpha value is -2.97. The van der Waals surface area contributed by atoms with Crippen molar-refractivity contribution in [3.05, 3.63) is 70.6 Å². The van der Waals surface area contributed by atoms with Gasteiger partial charge in [0.2, 0.25) is 0 Å². The standard InChI is InChI=1S/C19H13NO5S2/c21-16(22)11-20-17(23)15(27-19(20)26)10-12-6-8-14(9-7-12)25-18(24)13-4-2-1-3-5-13/h1-10H,11H2,(H,21,22)/b15-10-. The highest BCUT2D eigenvalue weighted by Gasteiger charge is 2.33. The largest absolute Gasteiger partial charge is 0.480 e. The third-order valence-electron chi connectivity index (χ3n) is 3.56. The molecule has 0 atom stereocenters. The summed E-state index contributed by atoms with van der Waals surface area (Å²) in [4.78, 5) is 36.5. The molecule has 8 heteroatoms. The maximum Gasteiger partial charge on any atom is 0.343 e. The van der Waals surface area contributed by atoms with Gasteiger partial charge >= 0.3 is 11.9 Å². The van der Waals surface area contributed by atoms with Crippen LogP contribution >= 0.6 is 24.0 Å². The van der Waals surface area contributed by atoms with Gasteiger partial charge in [-0.25, -0.2) is 4.79 Å². The molecule has 1 saturated heterocycles. The molecule has 136 valence electrons. The second kappa shape index (κ2) is 8.15. The van der Waals surface area contributed by atoms with Crippen molar-refractivity contribution in [2.24, 2.45) is 0 Å². The Balaban J connectivity index is 1.70. The van der Waals surface area contributed by atoms with Crippen LogP contribution in [0.5, 0.6) is 5.75 Å².